The van der Waals surface area contributed by atoms with Crippen LogP contribution in [0, 0.1) is 0 Å². The van der Waals surface area contributed by atoms with Crippen LogP contribution in [0.2, 0.25) is 0 Å². The van der Waals surface area contributed by atoms with Crippen molar-refractivity contribution in [3.8, 4) is 0 Å². The van der Waals surface area contributed by atoms with Gasteiger partial charge in [-0.2, -0.15) is 0 Å². The smallest absolute Gasteiger partial charge is 0.186 e. The molecule has 0 unspecified atom stereocenters. The number of methoxy groups -OCH3 is 1. The van der Waals surface area contributed by atoms with Crippen LogP contribution in [0.1, 0.15) is 11.9 Å². The van der Waals surface area contributed by atoms with Gasteiger partial charge in [-0.1, -0.05) is 42.5 Å². The number of ether oxygens (including phenoxy) is 6. The Hall–Kier alpha value is -1.54. The van der Waals surface area contributed by atoms with Gasteiger partial charge in [-0.3, -0.25) is 0 Å². The summed E-state index contributed by atoms with van der Waals surface area (Å²) in [6.45, 7) is 8.54. The van der Waals surface area contributed by atoms with Gasteiger partial charge in [-0.15, -0.1) is 13.2 Å². The van der Waals surface area contributed by atoms with Crippen molar-refractivity contribution in [3.63, 3.8) is 0 Å². The molecule has 2 aliphatic rings. The summed E-state index contributed by atoms with van der Waals surface area (Å²) in [6.07, 6.45) is 0.835. The Bertz CT molecular complexity index is 577. The average Bonchev–Trinajstić information content (AvgIpc) is 2.70. The third kappa shape index (κ3) is 4.23. The number of fused-ring (bicyclic) bond motifs is 1. The maximum Gasteiger partial charge on any atom is 0.186 e. The van der Waals surface area contributed by atoms with Gasteiger partial charge in [0.25, 0.3) is 0 Å². The first kappa shape index (κ1) is 19.2. The molecular weight excluding hydrogens is 336 g/mol. The van der Waals surface area contributed by atoms with Crippen molar-refractivity contribution in [2.24, 2.45) is 0 Å². The molecule has 6 heteroatoms. The Labute approximate surface area is 154 Å². The molecule has 0 aromatic heterocycles. The van der Waals surface area contributed by atoms with Crippen molar-refractivity contribution in [3.05, 3.63) is 61.2 Å². The molecule has 3 rings (SSSR count). The predicted molar refractivity (Wildman–Crippen MR) is 95.6 cm³/mol. The lowest BCUT2D eigenvalue weighted by Crippen LogP contribution is -2.63. The minimum atomic E-state index is -0.577. The van der Waals surface area contributed by atoms with Crippen molar-refractivity contribution in [2.45, 2.75) is 37.0 Å². The van der Waals surface area contributed by atoms with Gasteiger partial charge in [0.05, 0.1) is 19.8 Å². The lowest BCUT2D eigenvalue weighted by Gasteiger charge is -2.48. The summed E-state index contributed by atoms with van der Waals surface area (Å²) in [7, 11) is 1.58. The van der Waals surface area contributed by atoms with Crippen LogP contribution in [0.4, 0.5) is 0 Å². The molecule has 2 saturated heterocycles. The van der Waals surface area contributed by atoms with E-state index in [4.69, 9.17) is 28.4 Å². The molecule has 142 valence electrons. The number of benzene rings is 1. The van der Waals surface area contributed by atoms with Gasteiger partial charge in [0.2, 0.25) is 0 Å². The standard InChI is InChI=1S/C20H26O6/c1-4-11-22-17-16-15(25-20(21-3)18(17)23-12-5-2)13-24-19(26-16)14-9-7-6-8-10-14/h4-10,15-20H,1-2,11-13H2,3H3/t15-,16-,17+,18+,19+,20+/m1/s1. The van der Waals surface area contributed by atoms with Crippen LogP contribution in [0.3, 0.4) is 0 Å². The van der Waals surface area contributed by atoms with Crippen LogP contribution in [-0.2, 0) is 28.4 Å². The second kappa shape index (κ2) is 9.41. The number of rotatable bonds is 8. The molecule has 1 aromatic carbocycles. The van der Waals surface area contributed by atoms with Crippen LogP contribution in [0.5, 0.6) is 0 Å². The molecule has 0 N–H and O–H groups in total. The van der Waals surface area contributed by atoms with E-state index in [1.807, 2.05) is 30.3 Å². The molecule has 0 spiro atoms. The Morgan fingerprint density at radius 3 is 2.38 bits per heavy atom. The Morgan fingerprint density at radius 1 is 1.04 bits per heavy atom. The maximum atomic E-state index is 6.22. The van der Waals surface area contributed by atoms with Crippen molar-refractivity contribution in [1.82, 2.24) is 0 Å². The molecule has 0 amide bonds. The average molecular weight is 362 g/mol. The van der Waals surface area contributed by atoms with Crippen LogP contribution < -0.4 is 0 Å². The van der Waals surface area contributed by atoms with Gasteiger partial charge in [0.1, 0.15) is 24.4 Å². The fourth-order valence-corrected chi connectivity index (χ4v) is 3.24. The SMILES string of the molecule is C=CCO[C@@H]1[C@H](OCC=C)[C@@H](OC)O[C@@H]2CO[C@H](c3ccccc3)O[C@@H]12. The van der Waals surface area contributed by atoms with E-state index in [0.717, 1.165) is 5.56 Å². The normalized spacial score (nSPS) is 34.0. The highest BCUT2D eigenvalue weighted by atomic mass is 16.8. The Balaban J connectivity index is 1.81. The summed E-state index contributed by atoms with van der Waals surface area (Å²) < 4.78 is 35.5. The van der Waals surface area contributed by atoms with Crippen molar-refractivity contribution >= 4 is 0 Å². The van der Waals surface area contributed by atoms with Crippen molar-refractivity contribution < 1.29 is 28.4 Å². The van der Waals surface area contributed by atoms with Gasteiger partial charge in [0.15, 0.2) is 12.6 Å². The summed E-state index contributed by atoms with van der Waals surface area (Å²) in [6, 6.07) is 9.80. The highest BCUT2D eigenvalue weighted by Gasteiger charge is 2.51. The van der Waals surface area contributed by atoms with Crippen molar-refractivity contribution in [1.29, 1.82) is 0 Å². The lowest BCUT2D eigenvalue weighted by atomic mass is 9.97. The quantitative estimate of drug-likeness (QED) is 0.663. The van der Waals surface area contributed by atoms with E-state index in [1.165, 1.54) is 0 Å². The molecule has 6 atom stereocenters. The molecule has 2 fully saturated rings. The first-order valence-corrected chi connectivity index (χ1v) is 8.73. The van der Waals surface area contributed by atoms with E-state index in [-0.39, 0.29) is 18.3 Å². The fraction of sp³-hybridized carbons (Fsp3) is 0.500. The van der Waals surface area contributed by atoms with Crippen LogP contribution in [0.15, 0.2) is 55.6 Å². The summed E-state index contributed by atoms with van der Waals surface area (Å²) in [5.41, 5.74) is 0.950. The molecule has 2 aliphatic heterocycles. The molecular formula is C20H26O6. The van der Waals surface area contributed by atoms with Crippen LogP contribution >= 0.6 is 0 Å². The van der Waals surface area contributed by atoms with E-state index in [1.54, 1.807) is 19.3 Å². The highest BCUT2D eigenvalue weighted by Crippen LogP contribution is 2.36. The van der Waals surface area contributed by atoms with Gasteiger partial charge in [0, 0.05) is 12.7 Å². The van der Waals surface area contributed by atoms with Gasteiger partial charge >= 0.3 is 0 Å². The van der Waals surface area contributed by atoms with Gasteiger partial charge < -0.3 is 28.4 Å². The molecule has 0 aliphatic carbocycles. The fourth-order valence-electron chi connectivity index (χ4n) is 3.24. The zero-order valence-corrected chi connectivity index (χ0v) is 15.0. The second-order valence-corrected chi connectivity index (χ2v) is 6.13. The molecule has 6 nitrogen and oxygen atoms in total. The molecule has 0 bridgehead atoms. The minimum Gasteiger partial charge on any atom is -0.368 e. The molecule has 26 heavy (non-hydrogen) atoms. The second-order valence-electron chi connectivity index (χ2n) is 6.13. The first-order valence-electron chi connectivity index (χ1n) is 8.73. The topological polar surface area (TPSA) is 55.4 Å². The zero-order valence-electron chi connectivity index (χ0n) is 15.0. The van der Waals surface area contributed by atoms with Crippen LogP contribution in [0.25, 0.3) is 0 Å². The molecule has 0 radical (unpaired) electrons. The largest absolute Gasteiger partial charge is 0.368 e. The molecule has 1 aromatic rings. The van der Waals surface area contributed by atoms with E-state index in [9.17, 15) is 0 Å². The zero-order chi connectivity index (χ0) is 18.4. The summed E-state index contributed by atoms with van der Waals surface area (Å²) in [4.78, 5) is 0. The van der Waals surface area contributed by atoms with Gasteiger partial charge in [-0.05, 0) is 0 Å². The molecule has 2 heterocycles. The number of hydrogen-bond donors (Lipinski definition) is 0. The predicted octanol–water partition coefficient (Wildman–Crippen LogP) is 2.61. The van der Waals surface area contributed by atoms with E-state index >= 15 is 0 Å². The Kier molecular flexibility index (Phi) is 6.96. The minimum absolute atomic E-state index is 0.307. The van der Waals surface area contributed by atoms with Crippen LogP contribution in [-0.4, -0.2) is 57.6 Å². The summed E-state index contributed by atoms with van der Waals surface area (Å²) in [5.74, 6) is 0. The number of hydrogen-bond acceptors (Lipinski definition) is 6. The summed E-state index contributed by atoms with van der Waals surface area (Å²) in [5, 5.41) is 0. The maximum absolute atomic E-state index is 6.22. The van der Waals surface area contributed by atoms with Gasteiger partial charge in [-0.25, -0.2) is 0 Å². The first-order chi connectivity index (χ1) is 12.8. The summed E-state index contributed by atoms with van der Waals surface area (Å²) >= 11 is 0. The van der Waals surface area contributed by atoms with E-state index in [0.29, 0.717) is 19.8 Å². The Morgan fingerprint density at radius 2 is 1.73 bits per heavy atom. The van der Waals surface area contributed by atoms with E-state index < -0.39 is 18.7 Å². The lowest BCUT2D eigenvalue weighted by molar-refractivity contribution is -0.365. The molecule has 0 saturated carbocycles. The third-order valence-electron chi connectivity index (χ3n) is 4.40. The van der Waals surface area contributed by atoms with E-state index in [2.05, 4.69) is 13.2 Å². The highest BCUT2D eigenvalue weighted by molar-refractivity contribution is 5.16. The monoisotopic (exact) mass is 362 g/mol. The third-order valence-corrected chi connectivity index (χ3v) is 4.40. The van der Waals surface area contributed by atoms with Crippen molar-refractivity contribution in [2.75, 3.05) is 26.9 Å².